The number of aliphatic hydroxyl groups is 1. The number of benzene rings is 2. The van der Waals surface area contributed by atoms with Crippen LogP contribution in [-0.2, 0) is 9.59 Å². The van der Waals surface area contributed by atoms with E-state index in [4.69, 9.17) is 39.1 Å². The van der Waals surface area contributed by atoms with Crippen LogP contribution in [-0.4, -0.2) is 71.8 Å². The van der Waals surface area contributed by atoms with E-state index < -0.39 is 11.9 Å². The summed E-state index contributed by atoms with van der Waals surface area (Å²) in [5.74, 6) is -1.05. The molecule has 184 valence electrons. The lowest BCUT2D eigenvalue weighted by Crippen LogP contribution is -2.42. The van der Waals surface area contributed by atoms with Crippen LogP contribution in [0.5, 0.6) is 17.2 Å². The Balaban J connectivity index is 0.000000481. The molecule has 0 unspecified atom stereocenters. The molecule has 34 heavy (non-hydrogen) atoms. The fourth-order valence-electron chi connectivity index (χ4n) is 4.09. The lowest BCUT2D eigenvalue weighted by atomic mass is 9.81. The number of halogens is 1. The molecule has 0 amide bonds. The fraction of sp³-hybridized carbons (Fsp3) is 0.417. The molecule has 1 saturated heterocycles. The van der Waals surface area contributed by atoms with E-state index in [2.05, 4.69) is 4.90 Å². The van der Waals surface area contributed by atoms with Crippen molar-refractivity contribution >= 4 is 11.9 Å². The van der Waals surface area contributed by atoms with Crippen molar-refractivity contribution in [2.24, 2.45) is 5.92 Å². The Bertz CT molecular complexity index is 956. The highest BCUT2D eigenvalue weighted by Gasteiger charge is 2.31. The van der Waals surface area contributed by atoms with Crippen molar-refractivity contribution in [3.05, 3.63) is 53.8 Å². The number of ether oxygens (including phenoxy) is 3. The highest BCUT2D eigenvalue weighted by molar-refractivity contribution is 6.27. The minimum Gasteiger partial charge on any atom is -0.493 e. The smallest absolute Gasteiger partial charge is 0.414 e. The molecule has 1 fully saturated rings. The van der Waals surface area contributed by atoms with Crippen LogP contribution in [0.3, 0.4) is 0 Å². The Morgan fingerprint density at radius 1 is 1.06 bits per heavy atom. The molecule has 9 nitrogen and oxygen atoms in total. The second-order valence-electron chi connectivity index (χ2n) is 8.02. The SMILES string of the molecule is O=C(O)C(=O)O.OCCCN1CC[C@@H](c2ccc(F)cc2)[C@H](COc2ccc3c(c2)OCO3)C1. The van der Waals surface area contributed by atoms with Gasteiger partial charge in [0.2, 0.25) is 6.79 Å². The summed E-state index contributed by atoms with van der Waals surface area (Å²) in [6.45, 7) is 3.77. The van der Waals surface area contributed by atoms with Gasteiger partial charge in [0.15, 0.2) is 11.5 Å². The number of hydrogen-bond donors (Lipinski definition) is 3. The second kappa shape index (κ2) is 12.2. The van der Waals surface area contributed by atoms with Gasteiger partial charge in [0.05, 0.1) is 6.61 Å². The summed E-state index contributed by atoms with van der Waals surface area (Å²) in [5, 5.41) is 23.9. The summed E-state index contributed by atoms with van der Waals surface area (Å²) in [4.78, 5) is 20.6. The number of likely N-dealkylation sites (tertiary alicyclic amines) is 1. The van der Waals surface area contributed by atoms with E-state index in [0.717, 1.165) is 49.5 Å². The van der Waals surface area contributed by atoms with Gasteiger partial charge in [-0.1, -0.05) is 12.1 Å². The van der Waals surface area contributed by atoms with Gasteiger partial charge in [-0.15, -0.1) is 0 Å². The summed E-state index contributed by atoms with van der Waals surface area (Å²) in [5.41, 5.74) is 1.16. The monoisotopic (exact) mass is 477 g/mol. The molecule has 2 atom stereocenters. The van der Waals surface area contributed by atoms with Gasteiger partial charge in [0.1, 0.15) is 11.6 Å². The number of carboxylic acids is 2. The van der Waals surface area contributed by atoms with E-state index in [1.165, 1.54) is 12.1 Å². The van der Waals surface area contributed by atoms with Crippen molar-refractivity contribution in [1.82, 2.24) is 4.90 Å². The molecule has 2 aromatic rings. The Hall–Kier alpha value is -3.37. The van der Waals surface area contributed by atoms with Crippen molar-refractivity contribution < 1.29 is 43.5 Å². The Kier molecular flexibility index (Phi) is 9.06. The molecule has 4 rings (SSSR count). The summed E-state index contributed by atoms with van der Waals surface area (Å²) >= 11 is 0. The third kappa shape index (κ3) is 7.06. The predicted molar refractivity (Wildman–Crippen MR) is 119 cm³/mol. The van der Waals surface area contributed by atoms with Crippen molar-refractivity contribution in [3.8, 4) is 17.2 Å². The first-order valence-electron chi connectivity index (χ1n) is 10.9. The third-order valence-corrected chi connectivity index (χ3v) is 5.74. The maximum atomic E-state index is 13.4. The lowest BCUT2D eigenvalue weighted by molar-refractivity contribution is -0.159. The number of hydrogen-bond acceptors (Lipinski definition) is 7. The Labute approximate surface area is 196 Å². The van der Waals surface area contributed by atoms with Crippen molar-refractivity contribution in [2.45, 2.75) is 18.8 Å². The lowest BCUT2D eigenvalue weighted by Gasteiger charge is -2.38. The van der Waals surface area contributed by atoms with Gasteiger partial charge < -0.3 is 34.4 Å². The fourth-order valence-corrected chi connectivity index (χ4v) is 4.09. The average Bonchev–Trinajstić information content (AvgIpc) is 3.30. The molecule has 3 N–H and O–H groups in total. The highest BCUT2D eigenvalue weighted by Crippen LogP contribution is 2.37. The zero-order valence-corrected chi connectivity index (χ0v) is 18.6. The zero-order chi connectivity index (χ0) is 24.5. The molecule has 0 aliphatic carbocycles. The van der Waals surface area contributed by atoms with Gasteiger partial charge in [0.25, 0.3) is 0 Å². The van der Waals surface area contributed by atoms with E-state index in [-0.39, 0.29) is 25.1 Å². The number of carboxylic acid groups (broad SMARTS) is 2. The van der Waals surface area contributed by atoms with Crippen LogP contribution in [0.15, 0.2) is 42.5 Å². The van der Waals surface area contributed by atoms with Gasteiger partial charge in [-0.25, -0.2) is 14.0 Å². The standard InChI is InChI=1S/C22H26FNO4.C2H2O4/c23-18-4-2-16(3-5-18)20-8-10-24(9-1-11-25)13-17(20)14-26-19-6-7-21-22(12-19)28-15-27-21;3-1(4)2(5)6/h2-7,12,17,20,25H,1,8-11,13-15H2;(H,3,4)(H,5,6)/t17-,20-;/m0./s1. The number of rotatable bonds is 7. The minimum absolute atomic E-state index is 0.205. The normalized spacial score (nSPS) is 19.1. The van der Waals surface area contributed by atoms with Gasteiger partial charge in [0, 0.05) is 31.7 Å². The number of carbonyl (C=O) groups is 2. The predicted octanol–water partition coefficient (Wildman–Crippen LogP) is 2.58. The quantitative estimate of drug-likeness (QED) is 0.516. The first-order chi connectivity index (χ1) is 16.4. The van der Waals surface area contributed by atoms with E-state index in [0.29, 0.717) is 18.3 Å². The number of fused-ring (bicyclic) bond motifs is 1. The van der Waals surface area contributed by atoms with E-state index in [1.807, 2.05) is 30.3 Å². The van der Waals surface area contributed by atoms with E-state index >= 15 is 0 Å². The van der Waals surface area contributed by atoms with Crippen molar-refractivity contribution in [3.63, 3.8) is 0 Å². The van der Waals surface area contributed by atoms with Crippen LogP contribution in [0, 0.1) is 11.7 Å². The zero-order valence-electron chi connectivity index (χ0n) is 18.6. The van der Waals surface area contributed by atoms with Gasteiger partial charge in [-0.2, -0.15) is 0 Å². The summed E-state index contributed by atoms with van der Waals surface area (Å²) < 4.78 is 30.2. The topological polar surface area (TPSA) is 126 Å². The molecule has 0 aromatic heterocycles. The Morgan fingerprint density at radius 3 is 2.44 bits per heavy atom. The number of aliphatic carboxylic acids is 2. The largest absolute Gasteiger partial charge is 0.493 e. The highest BCUT2D eigenvalue weighted by atomic mass is 19.1. The third-order valence-electron chi connectivity index (χ3n) is 5.74. The molecule has 2 heterocycles. The van der Waals surface area contributed by atoms with Crippen molar-refractivity contribution in [1.29, 1.82) is 0 Å². The molecular formula is C24H28FNO8. The summed E-state index contributed by atoms with van der Waals surface area (Å²) in [6.07, 6.45) is 1.77. The second-order valence-corrected chi connectivity index (χ2v) is 8.02. The molecule has 0 radical (unpaired) electrons. The molecule has 0 spiro atoms. The van der Waals surface area contributed by atoms with Gasteiger partial charge in [-0.3, -0.25) is 0 Å². The van der Waals surface area contributed by atoms with Crippen LogP contribution in [0.25, 0.3) is 0 Å². The molecule has 2 aliphatic heterocycles. The molecule has 2 aliphatic rings. The Morgan fingerprint density at radius 2 is 1.76 bits per heavy atom. The molecular weight excluding hydrogens is 449 g/mol. The van der Waals surface area contributed by atoms with Crippen molar-refractivity contribution in [2.75, 3.05) is 39.6 Å². The number of nitrogens with zero attached hydrogens (tertiary/aromatic N) is 1. The molecule has 10 heteroatoms. The maximum Gasteiger partial charge on any atom is 0.414 e. The number of piperidine rings is 1. The molecule has 0 bridgehead atoms. The maximum absolute atomic E-state index is 13.4. The van der Waals surface area contributed by atoms with Crippen LogP contribution in [0.2, 0.25) is 0 Å². The summed E-state index contributed by atoms with van der Waals surface area (Å²) in [7, 11) is 0. The van der Waals surface area contributed by atoms with Crippen LogP contribution in [0.4, 0.5) is 4.39 Å². The molecule has 2 aromatic carbocycles. The number of aliphatic hydroxyl groups excluding tert-OH is 1. The van der Waals surface area contributed by atoms with Gasteiger partial charge in [-0.05, 0) is 55.1 Å². The van der Waals surface area contributed by atoms with Crippen LogP contribution in [0.1, 0.15) is 24.3 Å². The minimum atomic E-state index is -1.82. The first-order valence-corrected chi connectivity index (χ1v) is 10.9. The van der Waals surface area contributed by atoms with Crippen LogP contribution < -0.4 is 14.2 Å². The average molecular weight is 477 g/mol. The van der Waals surface area contributed by atoms with E-state index in [1.54, 1.807) is 0 Å². The van der Waals surface area contributed by atoms with E-state index in [9.17, 15) is 4.39 Å². The molecule has 0 saturated carbocycles. The first kappa shape index (κ1) is 25.3. The van der Waals surface area contributed by atoms with Gasteiger partial charge >= 0.3 is 11.9 Å². The summed E-state index contributed by atoms with van der Waals surface area (Å²) in [6, 6.07) is 12.5. The van der Waals surface area contributed by atoms with Crippen LogP contribution >= 0.6 is 0 Å².